The van der Waals surface area contributed by atoms with E-state index in [9.17, 15) is 14.7 Å². The van der Waals surface area contributed by atoms with Crippen LogP contribution in [0.3, 0.4) is 0 Å². The van der Waals surface area contributed by atoms with E-state index in [-0.39, 0.29) is 23.7 Å². The minimum atomic E-state index is -0.701. The maximum atomic E-state index is 12.8. The highest BCUT2D eigenvalue weighted by Crippen LogP contribution is 2.53. The largest absolute Gasteiger partial charge is 0.508 e. The summed E-state index contributed by atoms with van der Waals surface area (Å²) in [5.74, 6) is -0.200. The van der Waals surface area contributed by atoms with Gasteiger partial charge in [-0.3, -0.25) is 9.59 Å². The van der Waals surface area contributed by atoms with Crippen LogP contribution in [-0.4, -0.2) is 53.7 Å². The molecule has 1 saturated heterocycles. The minimum Gasteiger partial charge on any atom is -0.508 e. The van der Waals surface area contributed by atoms with Gasteiger partial charge in [0.2, 0.25) is 0 Å². The van der Waals surface area contributed by atoms with Gasteiger partial charge in [-0.25, -0.2) is 0 Å². The molecule has 0 spiro atoms. The molecule has 1 amide bonds. The van der Waals surface area contributed by atoms with Crippen molar-refractivity contribution in [3.05, 3.63) is 65.7 Å². The molecule has 1 aliphatic carbocycles. The zero-order chi connectivity index (χ0) is 22.1. The van der Waals surface area contributed by atoms with Gasteiger partial charge in [-0.1, -0.05) is 30.3 Å². The highest BCUT2D eigenvalue weighted by atomic mass is 16.6. The lowest BCUT2D eigenvalue weighted by atomic mass is 9.55. The van der Waals surface area contributed by atoms with Crippen molar-refractivity contribution in [2.45, 2.75) is 49.7 Å². The third-order valence-corrected chi connectivity index (χ3v) is 6.92. The van der Waals surface area contributed by atoms with E-state index < -0.39 is 11.0 Å². The van der Waals surface area contributed by atoms with Gasteiger partial charge in [0, 0.05) is 30.5 Å². The standard InChI is InChI=1S/C25H30N2O4/c1-18(28)31-25-12-11-21(26-23(30)19-7-4-3-5-8-19)16-24(25,13-14-27(2)17-25)20-9-6-10-22(29)15-20/h3-10,15,21,29H,11-14,16-17H2,1-2H3,(H,26,30)/t21-,24?,25?/m0/s1. The number of benzene rings is 2. The predicted octanol–water partition coefficient (Wildman–Crippen LogP) is 3.25. The van der Waals surface area contributed by atoms with E-state index in [1.807, 2.05) is 49.5 Å². The molecule has 2 aromatic rings. The summed E-state index contributed by atoms with van der Waals surface area (Å²) in [6, 6.07) is 16.4. The van der Waals surface area contributed by atoms with E-state index in [2.05, 4.69) is 10.2 Å². The molecule has 2 aliphatic rings. The predicted molar refractivity (Wildman–Crippen MR) is 118 cm³/mol. The van der Waals surface area contributed by atoms with Crippen molar-refractivity contribution < 1.29 is 19.4 Å². The molecule has 1 saturated carbocycles. The summed E-state index contributed by atoms with van der Waals surface area (Å²) >= 11 is 0. The van der Waals surface area contributed by atoms with Crippen LogP contribution in [0.1, 0.15) is 48.5 Å². The van der Waals surface area contributed by atoms with Crippen molar-refractivity contribution in [3.63, 3.8) is 0 Å². The number of esters is 1. The van der Waals surface area contributed by atoms with Gasteiger partial charge < -0.3 is 20.1 Å². The number of phenols is 1. The number of likely N-dealkylation sites (N-methyl/N-ethyl adjacent to an activating group) is 1. The first kappa shape index (κ1) is 21.4. The van der Waals surface area contributed by atoms with Crippen molar-refractivity contribution >= 4 is 11.9 Å². The molecule has 1 heterocycles. The molecule has 3 atom stereocenters. The van der Waals surface area contributed by atoms with Gasteiger partial charge in [0.15, 0.2) is 0 Å². The van der Waals surface area contributed by atoms with Crippen LogP contribution in [0.2, 0.25) is 0 Å². The van der Waals surface area contributed by atoms with Crippen LogP contribution in [0.15, 0.2) is 54.6 Å². The number of fused-ring (bicyclic) bond motifs is 1. The number of ether oxygens (including phenoxy) is 1. The fourth-order valence-corrected chi connectivity index (χ4v) is 5.58. The molecule has 0 bridgehead atoms. The molecular weight excluding hydrogens is 392 g/mol. The second kappa shape index (κ2) is 8.35. The zero-order valence-corrected chi connectivity index (χ0v) is 18.1. The van der Waals surface area contributed by atoms with Crippen LogP contribution < -0.4 is 5.32 Å². The second-order valence-electron chi connectivity index (χ2n) is 8.99. The summed E-state index contributed by atoms with van der Waals surface area (Å²) in [6.45, 7) is 2.93. The third kappa shape index (κ3) is 4.04. The first-order valence-corrected chi connectivity index (χ1v) is 10.9. The third-order valence-electron chi connectivity index (χ3n) is 6.92. The Balaban J connectivity index is 1.71. The average Bonchev–Trinajstić information content (AvgIpc) is 2.74. The Labute approximate surface area is 183 Å². The fourth-order valence-electron chi connectivity index (χ4n) is 5.58. The van der Waals surface area contributed by atoms with Gasteiger partial charge in [-0.15, -0.1) is 0 Å². The SMILES string of the molecule is CC(=O)OC12CC[C@H](NC(=O)c3ccccc3)CC1(c1cccc(O)c1)CCN(C)C2. The number of hydrogen-bond donors (Lipinski definition) is 2. The molecule has 164 valence electrons. The maximum absolute atomic E-state index is 12.8. The van der Waals surface area contributed by atoms with Crippen molar-refractivity contribution in [1.29, 1.82) is 0 Å². The van der Waals surface area contributed by atoms with Gasteiger partial charge in [-0.05, 0) is 69.1 Å². The summed E-state index contributed by atoms with van der Waals surface area (Å²) in [4.78, 5) is 27.2. The van der Waals surface area contributed by atoms with Crippen LogP contribution in [0.25, 0.3) is 0 Å². The number of nitrogens with zero attached hydrogens (tertiary/aromatic N) is 1. The number of phenolic OH excluding ortho intramolecular Hbond substituents is 1. The monoisotopic (exact) mass is 422 g/mol. The maximum Gasteiger partial charge on any atom is 0.303 e. The average molecular weight is 423 g/mol. The number of amides is 1. The van der Waals surface area contributed by atoms with Crippen molar-refractivity contribution in [3.8, 4) is 5.75 Å². The molecule has 2 N–H and O–H groups in total. The summed E-state index contributed by atoms with van der Waals surface area (Å²) < 4.78 is 6.11. The number of likely N-dealkylation sites (tertiary alicyclic amines) is 1. The van der Waals surface area contributed by atoms with Gasteiger partial charge in [-0.2, -0.15) is 0 Å². The number of aromatic hydroxyl groups is 1. The molecule has 2 aromatic carbocycles. The van der Waals surface area contributed by atoms with E-state index in [4.69, 9.17) is 4.74 Å². The molecule has 0 aromatic heterocycles. The van der Waals surface area contributed by atoms with E-state index >= 15 is 0 Å². The Bertz CT molecular complexity index is 963. The number of hydrogen-bond acceptors (Lipinski definition) is 5. The summed E-state index contributed by atoms with van der Waals surface area (Å²) in [6.07, 6.45) is 2.79. The highest BCUT2D eigenvalue weighted by Gasteiger charge is 2.60. The lowest BCUT2D eigenvalue weighted by Crippen LogP contribution is -2.68. The smallest absolute Gasteiger partial charge is 0.303 e. The summed E-state index contributed by atoms with van der Waals surface area (Å²) in [5.41, 5.74) is 0.402. The van der Waals surface area contributed by atoms with Crippen molar-refractivity contribution in [2.75, 3.05) is 20.1 Å². The lowest BCUT2D eigenvalue weighted by molar-refractivity contribution is -0.185. The first-order valence-electron chi connectivity index (χ1n) is 10.9. The van der Waals surface area contributed by atoms with Gasteiger partial charge in [0.25, 0.3) is 5.91 Å². The fraction of sp³-hybridized carbons (Fsp3) is 0.440. The van der Waals surface area contributed by atoms with Gasteiger partial charge in [0.05, 0.1) is 0 Å². The highest BCUT2D eigenvalue weighted by molar-refractivity contribution is 5.94. The number of piperidine rings is 1. The molecule has 2 unspecified atom stereocenters. The molecule has 2 fully saturated rings. The summed E-state index contributed by atoms with van der Waals surface area (Å²) in [7, 11) is 2.04. The molecular formula is C25H30N2O4. The quantitative estimate of drug-likeness (QED) is 0.740. The normalized spacial score (nSPS) is 28.4. The summed E-state index contributed by atoms with van der Waals surface area (Å²) in [5, 5.41) is 13.4. The minimum absolute atomic E-state index is 0.0536. The van der Waals surface area contributed by atoms with Crippen LogP contribution in [0.4, 0.5) is 0 Å². The Morgan fingerprint density at radius 1 is 1.13 bits per heavy atom. The number of carbonyl (C=O) groups excluding carboxylic acids is 2. The molecule has 6 nitrogen and oxygen atoms in total. The first-order chi connectivity index (χ1) is 14.8. The lowest BCUT2D eigenvalue weighted by Gasteiger charge is -2.59. The molecule has 1 aliphatic heterocycles. The van der Waals surface area contributed by atoms with Gasteiger partial charge in [0.1, 0.15) is 11.4 Å². The van der Waals surface area contributed by atoms with Crippen LogP contribution in [0.5, 0.6) is 5.75 Å². The second-order valence-corrected chi connectivity index (χ2v) is 8.99. The van der Waals surface area contributed by atoms with Crippen LogP contribution in [0, 0.1) is 0 Å². The Kier molecular flexibility index (Phi) is 5.75. The Morgan fingerprint density at radius 3 is 2.61 bits per heavy atom. The molecule has 31 heavy (non-hydrogen) atoms. The number of carbonyl (C=O) groups is 2. The molecule has 4 rings (SSSR count). The van der Waals surface area contributed by atoms with Crippen molar-refractivity contribution in [2.24, 2.45) is 0 Å². The van der Waals surface area contributed by atoms with E-state index in [1.54, 1.807) is 12.1 Å². The molecule has 0 radical (unpaired) electrons. The Morgan fingerprint density at radius 2 is 1.90 bits per heavy atom. The molecule has 6 heteroatoms. The van der Waals surface area contributed by atoms with E-state index in [0.29, 0.717) is 24.9 Å². The van der Waals surface area contributed by atoms with Gasteiger partial charge >= 0.3 is 5.97 Å². The van der Waals surface area contributed by atoms with Crippen molar-refractivity contribution in [1.82, 2.24) is 10.2 Å². The van der Waals surface area contributed by atoms with Crippen LogP contribution in [-0.2, 0) is 14.9 Å². The van der Waals surface area contributed by atoms with E-state index in [1.165, 1.54) is 6.92 Å². The number of rotatable bonds is 4. The van der Waals surface area contributed by atoms with E-state index in [0.717, 1.165) is 24.9 Å². The van der Waals surface area contributed by atoms with Crippen LogP contribution >= 0.6 is 0 Å². The zero-order valence-electron chi connectivity index (χ0n) is 18.1. The topological polar surface area (TPSA) is 78.9 Å². The number of nitrogens with one attached hydrogen (secondary N) is 1. The Hall–Kier alpha value is -2.86.